The molecular formula is C16H21N5O2. The second-order valence-corrected chi connectivity index (χ2v) is 7.25. The van der Waals surface area contributed by atoms with Crippen molar-refractivity contribution in [3.8, 4) is 0 Å². The van der Waals surface area contributed by atoms with E-state index in [0.29, 0.717) is 23.0 Å². The third-order valence-corrected chi connectivity index (χ3v) is 5.48. The Bertz CT molecular complexity index is 853. The summed E-state index contributed by atoms with van der Waals surface area (Å²) in [6, 6.07) is 0.205. The molecule has 23 heavy (non-hydrogen) atoms. The van der Waals surface area contributed by atoms with Gasteiger partial charge in [0.1, 0.15) is 0 Å². The number of aromatic nitrogens is 4. The minimum atomic E-state index is -0.357. The number of hydrogen-bond acceptors (Lipinski definition) is 4. The van der Waals surface area contributed by atoms with Crippen molar-refractivity contribution in [2.75, 3.05) is 18.0 Å². The van der Waals surface area contributed by atoms with E-state index < -0.39 is 0 Å². The first kappa shape index (κ1) is 13.4. The molecule has 0 unspecified atom stereocenters. The van der Waals surface area contributed by atoms with Crippen molar-refractivity contribution in [3.05, 3.63) is 20.8 Å². The van der Waals surface area contributed by atoms with Gasteiger partial charge >= 0.3 is 5.69 Å². The number of imidazole rings is 1. The predicted octanol–water partition coefficient (Wildman–Crippen LogP) is 1.37. The van der Waals surface area contributed by atoms with Crippen LogP contribution in [0.4, 0.5) is 5.95 Å². The standard InChI is InChI=1S/C16H21N5O2/c22-14-11-13(18-15(17-11)20-7-1-2-8-20)21(16(23)19-14)12(9-3-4-9)10-5-6-10/h9-10,12H,1-8H2,(H,17,18)(H,19,22,23). The van der Waals surface area contributed by atoms with E-state index in [2.05, 4.69) is 19.9 Å². The van der Waals surface area contributed by atoms with Gasteiger partial charge in [-0.1, -0.05) is 0 Å². The van der Waals surface area contributed by atoms with E-state index in [1.165, 1.54) is 25.7 Å². The molecule has 2 aromatic rings. The molecule has 1 saturated heterocycles. The zero-order valence-electron chi connectivity index (χ0n) is 13.0. The topological polar surface area (TPSA) is 86.8 Å². The predicted molar refractivity (Wildman–Crippen MR) is 86.9 cm³/mol. The van der Waals surface area contributed by atoms with Gasteiger partial charge in [0.2, 0.25) is 5.95 Å². The van der Waals surface area contributed by atoms with Crippen LogP contribution >= 0.6 is 0 Å². The van der Waals surface area contributed by atoms with E-state index >= 15 is 0 Å². The van der Waals surface area contributed by atoms with Gasteiger partial charge in [0.15, 0.2) is 11.2 Å². The van der Waals surface area contributed by atoms with Crippen molar-refractivity contribution in [2.45, 2.75) is 44.6 Å². The van der Waals surface area contributed by atoms with E-state index in [0.717, 1.165) is 31.9 Å². The summed E-state index contributed by atoms with van der Waals surface area (Å²) in [5.41, 5.74) is 0.331. The Morgan fingerprint density at radius 1 is 1.00 bits per heavy atom. The molecule has 0 spiro atoms. The second kappa shape index (κ2) is 4.72. The van der Waals surface area contributed by atoms with Crippen LogP contribution in [-0.2, 0) is 0 Å². The van der Waals surface area contributed by atoms with Gasteiger partial charge in [-0.05, 0) is 50.4 Å². The molecule has 0 radical (unpaired) electrons. The molecule has 2 aliphatic carbocycles. The smallest absolute Gasteiger partial charge is 0.330 e. The summed E-state index contributed by atoms with van der Waals surface area (Å²) in [6.45, 7) is 1.91. The lowest BCUT2D eigenvalue weighted by Gasteiger charge is -2.18. The first-order chi connectivity index (χ1) is 11.2. The minimum absolute atomic E-state index is 0.205. The molecule has 0 atom stereocenters. The largest absolute Gasteiger partial charge is 0.342 e. The number of anilines is 1. The fourth-order valence-electron chi connectivity index (χ4n) is 4.04. The Hall–Kier alpha value is -2.05. The molecule has 7 heteroatoms. The van der Waals surface area contributed by atoms with Crippen molar-refractivity contribution in [1.29, 1.82) is 0 Å². The first-order valence-electron chi connectivity index (χ1n) is 8.72. The van der Waals surface area contributed by atoms with E-state index in [9.17, 15) is 9.59 Å². The monoisotopic (exact) mass is 315 g/mol. The summed E-state index contributed by atoms with van der Waals surface area (Å²) >= 11 is 0. The molecule has 3 heterocycles. The van der Waals surface area contributed by atoms with E-state index in [1.807, 2.05) is 0 Å². The Morgan fingerprint density at radius 2 is 1.65 bits per heavy atom. The lowest BCUT2D eigenvalue weighted by Crippen LogP contribution is -2.34. The highest BCUT2D eigenvalue weighted by Crippen LogP contribution is 2.51. The Labute approximate surface area is 132 Å². The Kier molecular flexibility index (Phi) is 2.75. The first-order valence-corrected chi connectivity index (χ1v) is 8.72. The molecule has 0 amide bonds. The molecule has 2 saturated carbocycles. The van der Waals surface area contributed by atoms with E-state index in [4.69, 9.17) is 0 Å². The van der Waals surface area contributed by atoms with Crippen molar-refractivity contribution in [3.63, 3.8) is 0 Å². The van der Waals surface area contributed by atoms with Gasteiger partial charge in [-0.15, -0.1) is 0 Å². The fourth-order valence-corrected chi connectivity index (χ4v) is 4.04. The maximum absolute atomic E-state index is 12.5. The van der Waals surface area contributed by atoms with Crippen LogP contribution in [0.5, 0.6) is 0 Å². The van der Waals surface area contributed by atoms with Crippen LogP contribution in [0.2, 0.25) is 0 Å². The van der Waals surface area contributed by atoms with Crippen LogP contribution in [0, 0.1) is 11.8 Å². The molecule has 1 aliphatic heterocycles. The van der Waals surface area contributed by atoms with Gasteiger partial charge in [-0.25, -0.2) is 4.79 Å². The number of aromatic amines is 2. The maximum atomic E-state index is 12.5. The molecular weight excluding hydrogens is 294 g/mol. The lowest BCUT2D eigenvalue weighted by atomic mass is 10.1. The van der Waals surface area contributed by atoms with Crippen LogP contribution in [0.1, 0.15) is 44.6 Å². The zero-order chi connectivity index (χ0) is 15.6. The van der Waals surface area contributed by atoms with Gasteiger partial charge in [-0.2, -0.15) is 4.98 Å². The second-order valence-electron chi connectivity index (χ2n) is 7.25. The normalized spacial score (nSPS) is 21.7. The zero-order valence-corrected chi connectivity index (χ0v) is 13.0. The Morgan fingerprint density at radius 3 is 2.26 bits per heavy atom. The van der Waals surface area contributed by atoms with Crippen molar-refractivity contribution < 1.29 is 0 Å². The van der Waals surface area contributed by atoms with E-state index in [1.54, 1.807) is 4.57 Å². The highest BCUT2D eigenvalue weighted by atomic mass is 16.2. The molecule has 0 bridgehead atoms. The molecule has 2 aromatic heterocycles. The third-order valence-electron chi connectivity index (χ3n) is 5.48. The quantitative estimate of drug-likeness (QED) is 0.892. The third kappa shape index (κ3) is 2.13. The highest BCUT2D eigenvalue weighted by molar-refractivity contribution is 5.73. The van der Waals surface area contributed by atoms with Gasteiger partial charge in [0.25, 0.3) is 5.56 Å². The summed E-state index contributed by atoms with van der Waals surface area (Å²) < 4.78 is 1.78. The van der Waals surface area contributed by atoms with Crippen molar-refractivity contribution in [2.24, 2.45) is 11.8 Å². The SMILES string of the molecule is O=c1[nH]c(=O)n(C(C2CC2)C2CC2)c2nc(N3CCCC3)[nH]c12. The van der Waals surface area contributed by atoms with Crippen LogP contribution in [0.25, 0.3) is 11.2 Å². The molecule has 5 rings (SSSR count). The number of H-pyrrole nitrogens is 2. The average molecular weight is 315 g/mol. The fraction of sp³-hybridized carbons (Fsp3) is 0.688. The van der Waals surface area contributed by atoms with Gasteiger partial charge in [-0.3, -0.25) is 14.3 Å². The molecule has 122 valence electrons. The van der Waals surface area contributed by atoms with Crippen LogP contribution in [0.15, 0.2) is 9.59 Å². The molecule has 3 fully saturated rings. The van der Waals surface area contributed by atoms with Gasteiger partial charge < -0.3 is 9.88 Å². The molecule has 2 N–H and O–H groups in total. The molecule has 0 aromatic carbocycles. The molecule has 7 nitrogen and oxygen atoms in total. The number of rotatable bonds is 4. The van der Waals surface area contributed by atoms with E-state index in [-0.39, 0.29) is 17.3 Å². The summed E-state index contributed by atoms with van der Waals surface area (Å²) in [5, 5.41) is 0. The van der Waals surface area contributed by atoms with Crippen molar-refractivity contribution >= 4 is 17.1 Å². The van der Waals surface area contributed by atoms with Gasteiger partial charge in [0.05, 0.1) is 0 Å². The molecule has 3 aliphatic rings. The summed E-state index contributed by atoms with van der Waals surface area (Å²) in [5.74, 6) is 1.87. The van der Waals surface area contributed by atoms with Crippen LogP contribution < -0.4 is 16.1 Å². The summed E-state index contributed by atoms with van der Waals surface area (Å²) in [6.07, 6.45) is 7.00. The number of nitrogens with zero attached hydrogens (tertiary/aromatic N) is 3. The Balaban J connectivity index is 1.70. The average Bonchev–Trinajstić information content (AvgIpc) is 3.44. The summed E-state index contributed by atoms with van der Waals surface area (Å²) in [4.78, 5) is 37.2. The van der Waals surface area contributed by atoms with Crippen molar-refractivity contribution in [1.82, 2.24) is 19.5 Å². The number of hydrogen-bond donors (Lipinski definition) is 2. The number of nitrogens with one attached hydrogen (secondary N) is 2. The number of fused-ring (bicyclic) bond motifs is 1. The van der Waals surface area contributed by atoms with Gasteiger partial charge in [0, 0.05) is 19.1 Å². The highest BCUT2D eigenvalue weighted by Gasteiger charge is 2.44. The van der Waals surface area contributed by atoms with Crippen LogP contribution in [0.3, 0.4) is 0 Å². The summed E-state index contributed by atoms with van der Waals surface area (Å²) in [7, 11) is 0. The maximum Gasteiger partial charge on any atom is 0.330 e. The van der Waals surface area contributed by atoms with Crippen LogP contribution in [-0.4, -0.2) is 32.6 Å². The lowest BCUT2D eigenvalue weighted by molar-refractivity contribution is 0.388. The minimum Gasteiger partial charge on any atom is -0.342 e.